The van der Waals surface area contributed by atoms with Gasteiger partial charge in [-0.2, -0.15) is 0 Å². The third-order valence-electron chi connectivity index (χ3n) is 3.67. The van der Waals surface area contributed by atoms with Crippen molar-refractivity contribution >= 4 is 6.03 Å². The maximum atomic E-state index is 11.9. The van der Waals surface area contributed by atoms with Crippen molar-refractivity contribution in [1.82, 2.24) is 10.6 Å². The maximum absolute atomic E-state index is 11.9. The van der Waals surface area contributed by atoms with Gasteiger partial charge in [-0.15, -0.1) is 0 Å². The first kappa shape index (κ1) is 15.3. The van der Waals surface area contributed by atoms with Crippen molar-refractivity contribution in [1.29, 1.82) is 0 Å². The van der Waals surface area contributed by atoms with Gasteiger partial charge in [0.25, 0.3) is 0 Å². The van der Waals surface area contributed by atoms with Crippen LogP contribution in [-0.4, -0.2) is 19.4 Å². The smallest absolute Gasteiger partial charge is 0.315 e. The van der Waals surface area contributed by atoms with Crippen LogP contribution in [0.3, 0.4) is 0 Å². The summed E-state index contributed by atoms with van der Waals surface area (Å²) >= 11 is 0. The molecule has 0 radical (unpaired) electrons. The third-order valence-corrected chi connectivity index (χ3v) is 3.67. The molecule has 0 spiro atoms. The summed E-state index contributed by atoms with van der Waals surface area (Å²) in [4.78, 5) is 11.9. The van der Waals surface area contributed by atoms with E-state index in [4.69, 9.17) is 13.9 Å². The third kappa shape index (κ3) is 3.77. The van der Waals surface area contributed by atoms with Gasteiger partial charge in [-0.1, -0.05) is 6.07 Å². The highest BCUT2D eigenvalue weighted by molar-refractivity contribution is 5.74. The zero-order valence-corrected chi connectivity index (χ0v) is 13.2. The van der Waals surface area contributed by atoms with Gasteiger partial charge >= 0.3 is 6.03 Å². The Morgan fingerprint density at radius 2 is 2.04 bits per heavy atom. The summed E-state index contributed by atoms with van der Waals surface area (Å²) in [6.45, 7) is 4.57. The molecule has 0 aliphatic carbocycles. The summed E-state index contributed by atoms with van der Waals surface area (Å²) in [5.74, 6) is 3.10. The lowest BCUT2D eigenvalue weighted by Gasteiger charge is -2.12. The van der Waals surface area contributed by atoms with Gasteiger partial charge in [-0.3, -0.25) is 0 Å². The number of rotatable bonds is 5. The fourth-order valence-corrected chi connectivity index (χ4v) is 2.42. The second kappa shape index (κ2) is 6.64. The van der Waals surface area contributed by atoms with E-state index in [0.717, 1.165) is 35.0 Å². The lowest BCUT2D eigenvalue weighted by molar-refractivity contribution is 0.174. The number of ether oxygens (including phenoxy) is 2. The lowest BCUT2D eigenvalue weighted by Crippen LogP contribution is -2.37. The Labute approximate surface area is 134 Å². The van der Waals surface area contributed by atoms with E-state index in [2.05, 4.69) is 10.6 Å². The fraction of sp³-hybridized carbons (Fsp3) is 0.353. The van der Waals surface area contributed by atoms with Crippen molar-refractivity contribution in [2.45, 2.75) is 26.3 Å². The second-order valence-corrected chi connectivity index (χ2v) is 5.51. The van der Waals surface area contributed by atoms with E-state index in [1.54, 1.807) is 0 Å². The SMILES string of the molecule is Cc1ccc(C(C)NC(=O)NCCc2ccc3c(c2)OCO3)o1. The Morgan fingerprint density at radius 1 is 1.22 bits per heavy atom. The predicted octanol–water partition coefficient (Wildman–Crippen LogP) is 2.92. The molecular weight excluding hydrogens is 296 g/mol. The van der Waals surface area contributed by atoms with Crippen molar-refractivity contribution in [3.05, 3.63) is 47.4 Å². The lowest BCUT2D eigenvalue weighted by atomic mass is 10.1. The number of carbonyl (C=O) groups is 1. The van der Waals surface area contributed by atoms with E-state index in [9.17, 15) is 4.79 Å². The first-order valence-electron chi connectivity index (χ1n) is 7.61. The Kier molecular flexibility index (Phi) is 4.41. The van der Waals surface area contributed by atoms with Gasteiger partial charge in [0.15, 0.2) is 11.5 Å². The molecule has 6 heteroatoms. The summed E-state index contributed by atoms with van der Waals surface area (Å²) in [7, 11) is 0. The highest BCUT2D eigenvalue weighted by Gasteiger charge is 2.14. The number of urea groups is 1. The average molecular weight is 316 g/mol. The van der Waals surface area contributed by atoms with Crippen molar-refractivity contribution < 1.29 is 18.7 Å². The van der Waals surface area contributed by atoms with Crippen LogP contribution in [0.25, 0.3) is 0 Å². The number of amides is 2. The Balaban J connectivity index is 1.44. The van der Waals surface area contributed by atoms with E-state index in [-0.39, 0.29) is 18.9 Å². The van der Waals surface area contributed by atoms with Crippen molar-refractivity contribution in [2.75, 3.05) is 13.3 Å². The van der Waals surface area contributed by atoms with Gasteiger partial charge in [0.1, 0.15) is 11.5 Å². The Bertz CT molecular complexity index is 696. The van der Waals surface area contributed by atoms with Gasteiger partial charge in [0.05, 0.1) is 6.04 Å². The number of nitrogens with one attached hydrogen (secondary N) is 2. The van der Waals surface area contributed by atoms with Crippen LogP contribution >= 0.6 is 0 Å². The zero-order chi connectivity index (χ0) is 16.2. The largest absolute Gasteiger partial charge is 0.464 e. The first-order valence-corrected chi connectivity index (χ1v) is 7.61. The van der Waals surface area contributed by atoms with Crippen molar-refractivity contribution in [2.24, 2.45) is 0 Å². The molecule has 0 saturated heterocycles. The molecule has 3 rings (SSSR count). The minimum atomic E-state index is -0.215. The monoisotopic (exact) mass is 316 g/mol. The number of furan rings is 1. The summed E-state index contributed by atoms with van der Waals surface area (Å²) in [6, 6.07) is 9.16. The van der Waals surface area contributed by atoms with Gasteiger partial charge < -0.3 is 24.5 Å². The average Bonchev–Trinajstić information content (AvgIpc) is 3.15. The van der Waals surface area contributed by atoms with E-state index < -0.39 is 0 Å². The second-order valence-electron chi connectivity index (χ2n) is 5.51. The van der Waals surface area contributed by atoms with E-state index in [1.165, 1.54) is 0 Å². The van der Waals surface area contributed by atoms with Crippen LogP contribution in [0.1, 0.15) is 30.0 Å². The summed E-state index contributed by atoms with van der Waals surface area (Å²) in [6.07, 6.45) is 0.721. The molecule has 1 aliphatic heterocycles. The number of hydrogen-bond donors (Lipinski definition) is 2. The molecule has 1 aromatic carbocycles. The molecule has 1 unspecified atom stereocenters. The molecule has 0 saturated carbocycles. The van der Waals surface area contributed by atoms with Crippen LogP contribution in [0.4, 0.5) is 4.79 Å². The molecule has 6 nitrogen and oxygen atoms in total. The van der Waals surface area contributed by atoms with Crippen LogP contribution in [0.2, 0.25) is 0 Å². The summed E-state index contributed by atoms with van der Waals surface area (Å²) < 4.78 is 16.1. The van der Waals surface area contributed by atoms with Crippen molar-refractivity contribution in [3.63, 3.8) is 0 Å². The quantitative estimate of drug-likeness (QED) is 0.889. The number of benzene rings is 1. The summed E-state index contributed by atoms with van der Waals surface area (Å²) in [5, 5.41) is 5.69. The van der Waals surface area contributed by atoms with E-state index in [0.29, 0.717) is 6.54 Å². The Morgan fingerprint density at radius 3 is 2.83 bits per heavy atom. The highest BCUT2D eigenvalue weighted by Crippen LogP contribution is 2.32. The van der Waals surface area contributed by atoms with Gasteiger partial charge in [0.2, 0.25) is 6.79 Å². The van der Waals surface area contributed by atoms with Gasteiger partial charge in [0, 0.05) is 6.54 Å². The topological polar surface area (TPSA) is 72.7 Å². The molecule has 2 heterocycles. The molecule has 1 aromatic heterocycles. The predicted molar refractivity (Wildman–Crippen MR) is 84.7 cm³/mol. The molecule has 0 bridgehead atoms. The number of hydrogen-bond acceptors (Lipinski definition) is 4. The van der Waals surface area contributed by atoms with Crippen LogP contribution in [0.15, 0.2) is 34.7 Å². The molecule has 1 atom stereocenters. The van der Waals surface area contributed by atoms with Crippen molar-refractivity contribution in [3.8, 4) is 11.5 Å². The molecule has 2 aromatic rings. The fourth-order valence-electron chi connectivity index (χ4n) is 2.42. The first-order chi connectivity index (χ1) is 11.1. The van der Waals surface area contributed by atoms with Crippen LogP contribution in [-0.2, 0) is 6.42 Å². The zero-order valence-electron chi connectivity index (χ0n) is 13.2. The summed E-state index contributed by atoms with van der Waals surface area (Å²) in [5.41, 5.74) is 1.09. The molecule has 23 heavy (non-hydrogen) atoms. The van der Waals surface area contributed by atoms with Gasteiger partial charge in [-0.05, 0) is 50.1 Å². The molecule has 0 fully saturated rings. The molecular formula is C17H20N2O4. The maximum Gasteiger partial charge on any atom is 0.315 e. The molecule has 122 valence electrons. The number of carbonyl (C=O) groups excluding carboxylic acids is 1. The van der Waals surface area contributed by atoms with Crippen LogP contribution in [0, 0.1) is 6.92 Å². The minimum Gasteiger partial charge on any atom is -0.464 e. The Hall–Kier alpha value is -2.63. The number of aryl methyl sites for hydroxylation is 1. The van der Waals surface area contributed by atoms with Crippen LogP contribution in [0.5, 0.6) is 11.5 Å². The standard InChI is InChI=1S/C17H20N2O4/c1-11-3-5-14(23-11)12(2)19-17(20)18-8-7-13-4-6-15-16(9-13)22-10-21-15/h3-6,9,12H,7-8,10H2,1-2H3,(H2,18,19,20). The highest BCUT2D eigenvalue weighted by atomic mass is 16.7. The molecule has 1 aliphatic rings. The normalized spacial score (nSPS) is 13.7. The van der Waals surface area contributed by atoms with E-state index in [1.807, 2.05) is 44.2 Å². The number of fused-ring (bicyclic) bond motifs is 1. The van der Waals surface area contributed by atoms with E-state index >= 15 is 0 Å². The molecule has 2 N–H and O–H groups in total. The minimum absolute atomic E-state index is 0.172. The molecule has 2 amide bonds. The van der Waals surface area contributed by atoms with Gasteiger partial charge in [-0.25, -0.2) is 4.79 Å². The van der Waals surface area contributed by atoms with Crippen LogP contribution < -0.4 is 20.1 Å².